The molecule has 0 saturated heterocycles. The van der Waals surface area contributed by atoms with Gasteiger partial charge in [0.15, 0.2) is 11.2 Å². The zero-order valence-electron chi connectivity index (χ0n) is 8.29. The van der Waals surface area contributed by atoms with E-state index < -0.39 is 0 Å². The minimum atomic E-state index is 0.744. The van der Waals surface area contributed by atoms with Crippen LogP contribution in [0.15, 0.2) is 47.4 Å². The summed E-state index contributed by atoms with van der Waals surface area (Å²) < 4.78 is 7.63. The smallest absolute Gasteiger partial charge is 0.196 e. The van der Waals surface area contributed by atoms with Crippen molar-refractivity contribution in [3.05, 3.63) is 43.0 Å². The molecular weight excluding hydrogens is 202 g/mol. The van der Waals surface area contributed by atoms with Gasteiger partial charge in [0, 0.05) is 17.8 Å². The third-order valence-corrected chi connectivity index (χ3v) is 2.75. The maximum absolute atomic E-state index is 5.78. The third kappa shape index (κ3) is 0.839. The van der Waals surface area contributed by atoms with Crippen LogP contribution >= 0.6 is 0 Å². The van der Waals surface area contributed by atoms with Crippen LogP contribution in [0.25, 0.3) is 27.7 Å². The van der Waals surface area contributed by atoms with Crippen LogP contribution in [0.4, 0.5) is 0 Å². The molecule has 0 unspecified atom stereocenters. The van der Waals surface area contributed by atoms with Gasteiger partial charge >= 0.3 is 0 Å². The summed E-state index contributed by atoms with van der Waals surface area (Å²) in [5.41, 5.74) is 3.27. The molecule has 4 nitrogen and oxygen atoms in total. The van der Waals surface area contributed by atoms with Gasteiger partial charge < -0.3 is 4.42 Å². The lowest BCUT2D eigenvalue weighted by Crippen LogP contribution is -1.85. The van der Waals surface area contributed by atoms with Gasteiger partial charge in [-0.1, -0.05) is 12.1 Å². The molecule has 0 spiro atoms. The molecule has 0 bridgehead atoms. The van der Waals surface area contributed by atoms with Gasteiger partial charge in [-0.2, -0.15) is 0 Å². The summed E-state index contributed by atoms with van der Waals surface area (Å²) in [4.78, 5) is 8.67. The van der Waals surface area contributed by atoms with E-state index in [9.17, 15) is 0 Å². The van der Waals surface area contributed by atoms with Crippen LogP contribution in [0.3, 0.4) is 0 Å². The Kier molecular flexibility index (Phi) is 1.28. The Hall–Kier alpha value is -2.36. The van der Waals surface area contributed by atoms with Crippen LogP contribution in [0.2, 0.25) is 0 Å². The number of para-hydroxylation sites is 1. The molecule has 0 amide bonds. The monoisotopic (exact) mass is 209 g/mol. The number of benzene rings is 1. The molecule has 16 heavy (non-hydrogen) atoms. The Labute approximate surface area is 90.1 Å². The highest BCUT2D eigenvalue weighted by Crippen LogP contribution is 2.28. The van der Waals surface area contributed by atoms with E-state index in [1.54, 1.807) is 12.5 Å². The van der Waals surface area contributed by atoms with Crippen molar-refractivity contribution in [2.75, 3.05) is 0 Å². The quantitative estimate of drug-likeness (QED) is 0.447. The molecule has 76 valence electrons. The van der Waals surface area contributed by atoms with Crippen molar-refractivity contribution in [2.45, 2.75) is 0 Å². The molecular formula is C12H7N3O. The van der Waals surface area contributed by atoms with Crippen molar-refractivity contribution in [3.8, 4) is 0 Å². The van der Waals surface area contributed by atoms with Crippen LogP contribution in [0.1, 0.15) is 0 Å². The van der Waals surface area contributed by atoms with Gasteiger partial charge in [-0.05, 0) is 12.1 Å². The molecule has 0 aliphatic carbocycles. The predicted octanol–water partition coefficient (Wildman–Crippen LogP) is 2.63. The number of fused-ring (bicyclic) bond motifs is 5. The highest BCUT2D eigenvalue weighted by Gasteiger charge is 2.11. The van der Waals surface area contributed by atoms with E-state index in [4.69, 9.17) is 4.42 Å². The van der Waals surface area contributed by atoms with Crippen molar-refractivity contribution in [1.82, 2.24) is 14.4 Å². The Morgan fingerprint density at radius 2 is 2.06 bits per heavy atom. The fourth-order valence-electron chi connectivity index (χ4n) is 2.01. The van der Waals surface area contributed by atoms with Crippen molar-refractivity contribution in [2.24, 2.45) is 0 Å². The van der Waals surface area contributed by atoms with E-state index in [-0.39, 0.29) is 0 Å². The van der Waals surface area contributed by atoms with Gasteiger partial charge in [-0.3, -0.25) is 4.40 Å². The van der Waals surface area contributed by atoms with Gasteiger partial charge in [0.25, 0.3) is 0 Å². The number of imidazole rings is 1. The maximum atomic E-state index is 5.78. The minimum absolute atomic E-state index is 0.744. The molecule has 0 atom stereocenters. The van der Waals surface area contributed by atoms with Gasteiger partial charge in [-0.15, -0.1) is 0 Å². The van der Waals surface area contributed by atoms with Crippen LogP contribution in [0.5, 0.6) is 0 Å². The second kappa shape index (κ2) is 2.61. The first-order chi connectivity index (χ1) is 7.93. The minimum Gasteiger partial charge on any atom is -0.450 e. The second-order valence-electron chi connectivity index (χ2n) is 3.68. The summed E-state index contributed by atoms with van der Waals surface area (Å²) in [6.07, 6.45) is 5.35. The average Bonchev–Trinajstić information content (AvgIpc) is 2.92. The highest BCUT2D eigenvalue weighted by atomic mass is 16.3. The molecule has 0 fully saturated rings. The summed E-state index contributed by atoms with van der Waals surface area (Å²) in [5.74, 6) is 0. The number of hydrogen-bond acceptors (Lipinski definition) is 3. The highest BCUT2D eigenvalue weighted by molar-refractivity contribution is 6.06. The van der Waals surface area contributed by atoms with Gasteiger partial charge in [0.2, 0.25) is 0 Å². The fraction of sp³-hybridized carbons (Fsp3) is 0. The van der Waals surface area contributed by atoms with Gasteiger partial charge in [0.05, 0.1) is 0 Å². The van der Waals surface area contributed by atoms with Crippen molar-refractivity contribution < 1.29 is 4.42 Å². The first-order valence-electron chi connectivity index (χ1n) is 5.02. The molecule has 4 rings (SSSR count). The predicted molar refractivity (Wildman–Crippen MR) is 60.3 cm³/mol. The van der Waals surface area contributed by atoms with Crippen LogP contribution < -0.4 is 0 Å². The van der Waals surface area contributed by atoms with E-state index in [0.717, 1.165) is 27.7 Å². The summed E-state index contributed by atoms with van der Waals surface area (Å²) >= 11 is 0. The maximum Gasteiger partial charge on any atom is 0.196 e. The number of rotatable bonds is 0. The van der Waals surface area contributed by atoms with Crippen LogP contribution in [-0.2, 0) is 0 Å². The standard InChI is InChI=1S/C12H7N3O/c1-2-4-9-8(3-1)10-11(16-9)12-13-5-6-15(12)7-14-10/h1-7H. The molecule has 0 aliphatic rings. The van der Waals surface area contributed by atoms with Crippen LogP contribution in [0, 0.1) is 0 Å². The molecule has 4 aromatic rings. The van der Waals surface area contributed by atoms with E-state index in [1.165, 1.54) is 0 Å². The summed E-state index contributed by atoms with van der Waals surface area (Å²) in [7, 11) is 0. The number of nitrogens with zero attached hydrogens (tertiary/aromatic N) is 3. The lowest BCUT2D eigenvalue weighted by molar-refractivity contribution is 0.668. The first-order valence-corrected chi connectivity index (χ1v) is 5.02. The Morgan fingerprint density at radius 1 is 1.12 bits per heavy atom. The molecule has 1 aromatic carbocycles. The zero-order chi connectivity index (χ0) is 10.5. The Balaban J connectivity index is 2.38. The van der Waals surface area contributed by atoms with Gasteiger partial charge in [-0.25, -0.2) is 9.97 Å². The lowest BCUT2D eigenvalue weighted by atomic mass is 10.2. The van der Waals surface area contributed by atoms with Crippen molar-refractivity contribution in [1.29, 1.82) is 0 Å². The topological polar surface area (TPSA) is 43.3 Å². The average molecular weight is 209 g/mol. The second-order valence-corrected chi connectivity index (χ2v) is 3.68. The van der Waals surface area contributed by atoms with Crippen molar-refractivity contribution >= 4 is 27.7 Å². The molecule has 0 radical (unpaired) electrons. The van der Waals surface area contributed by atoms with E-state index in [2.05, 4.69) is 9.97 Å². The van der Waals surface area contributed by atoms with Crippen LogP contribution in [-0.4, -0.2) is 14.4 Å². The Bertz CT molecular complexity index is 813. The number of aromatic nitrogens is 3. The zero-order valence-corrected chi connectivity index (χ0v) is 8.29. The number of furan rings is 1. The summed E-state index contributed by atoms with van der Waals surface area (Å²) in [6, 6.07) is 7.88. The molecule has 3 heterocycles. The largest absolute Gasteiger partial charge is 0.450 e. The molecule has 0 N–H and O–H groups in total. The fourth-order valence-corrected chi connectivity index (χ4v) is 2.01. The van der Waals surface area contributed by atoms with E-state index >= 15 is 0 Å². The Morgan fingerprint density at radius 3 is 3.06 bits per heavy atom. The molecule has 3 aromatic heterocycles. The lowest BCUT2D eigenvalue weighted by Gasteiger charge is -1.91. The number of hydrogen-bond donors (Lipinski definition) is 0. The molecule has 0 saturated carbocycles. The van der Waals surface area contributed by atoms with Gasteiger partial charge in [0.1, 0.15) is 17.4 Å². The first kappa shape index (κ1) is 7.87. The molecule has 0 aliphatic heterocycles. The van der Waals surface area contributed by atoms with Crippen molar-refractivity contribution in [3.63, 3.8) is 0 Å². The summed E-state index contributed by atoms with van der Waals surface area (Å²) in [6.45, 7) is 0. The summed E-state index contributed by atoms with van der Waals surface area (Å²) in [5, 5.41) is 1.03. The molecule has 4 heteroatoms. The SMILES string of the molecule is c1ccc2c(c1)oc1c2ncn2ccnc12. The van der Waals surface area contributed by atoms with E-state index in [0.29, 0.717) is 0 Å². The normalized spacial score (nSPS) is 11.8. The third-order valence-electron chi connectivity index (χ3n) is 2.75. The van der Waals surface area contributed by atoms with E-state index in [1.807, 2.05) is 34.9 Å².